The lowest BCUT2D eigenvalue weighted by molar-refractivity contribution is -0.117. The Kier molecular flexibility index (Phi) is 7.22. The fourth-order valence-corrected chi connectivity index (χ4v) is 4.16. The Balaban J connectivity index is 1.31. The largest absolute Gasteiger partial charge is 0.378 e. The summed E-state index contributed by atoms with van der Waals surface area (Å²) >= 11 is 0. The van der Waals surface area contributed by atoms with Crippen LogP contribution in [0.3, 0.4) is 0 Å². The van der Waals surface area contributed by atoms with Gasteiger partial charge in [0.15, 0.2) is 5.69 Å². The van der Waals surface area contributed by atoms with Crippen LogP contribution < -0.4 is 26.4 Å². The SMILES string of the molecule is O=C(NNC(=O)c1ncc(F)cc1N1CCOCC1)NC1N=C(c2ccccc2)c2ccccc2NC1=O. The van der Waals surface area contributed by atoms with E-state index in [-0.39, 0.29) is 11.4 Å². The highest BCUT2D eigenvalue weighted by molar-refractivity contribution is 6.19. The quantitative estimate of drug-likeness (QED) is 0.390. The molecule has 2 aromatic carbocycles. The number of hydrazine groups is 1. The molecule has 1 aromatic heterocycles. The second-order valence-electron chi connectivity index (χ2n) is 8.45. The van der Waals surface area contributed by atoms with Crippen molar-refractivity contribution in [1.82, 2.24) is 21.2 Å². The molecule has 3 heterocycles. The van der Waals surface area contributed by atoms with Crippen molar-refractivity contribution in [3.63, 3.8) is 0 Å². The van der Waals surface area contributed by atoms with Gasteiger partial charge in [0.1, 0.15) is 5.82 Å². The van der Waals surface area contributed by atoms with Crippen LogP contribution in [0.1, 0.15) is 21.6 Å². The first-order chi connectivity index (χ1) is 18.5. The van der Waals surface area contributed by atoms with E-state index in [0.29, 0.717) is 43.3 Å². The molecule has 3 aromatic rings. The van der Waals surface area contributed by atoms with Crippen LogP contribution in [-0.2, 0) is 9.53 Å². The average Bonchev–Trinajstić information content (AvgIpc) is 3.08. The molecule has 0 spiro atoms. The van der Waals surface area contributed by atoms with Gasteiger partial charge in [0, 0.05) is 30.3 Å². The van der Waals surface area contributed by atoms with Crippen molar-refractivity contribution < 1.29 is 23.5 Å². The van der Waals surface area contributed by atoms with Crippen LogP contribution in [-0.4, -0.2) is 61.0 Å². The number of halogens is 1. The number of ether oxygens (including phenoxy) is 1. The smallest absolute Gasteiger partial charge is 0.335 e. The zero-order chi connectivity index (χ0) is 26.5. The fraction of sp³-hybridized carbons (Fsp3) is 0.192. The Morgan fingerprint density at radius 2 is 1.76 bits per heavy atom. The number of carbonyl (C=O) groups excluding carboxylic acids is 3. The van der Waals surface area contributed by atoms with Crippen molar-refractivity contribution in [2.45, 2.75) is 6.17 Å². The molecule has 0 saturated carbocycles. The molecule has 11 nitrogen and oxygen atoms in total. The molecule has 0 bridgehead atoms. The molecule has 1 unspecified atom stereocenters. The van der Waals surface area contributed by atoms with E-state index in [0.717, 1.165) is 11.8 Å². The summed E-state index contributed by atoms with van der Waals surface area (Å²) in [5.74, 6) is -1.91. The van der Waals surface area contributed by atoms with Gasteiger partial charge in [0.2, 0.25) is 6.17 Å². The minimum absolute atomic E-state index is 0.0688. The third kappa shape index (κ3) is 5.44. The number of benzodiazepines with no additional fused rings is 1. The van der Waals surface area contributed by atoms with Crippen molar-refractivity contribution in [3.05, 3.63) is 89.5 Å². The van der Waals surface area contributed by atoms with E-state index in [4.69, 9.17) is 4.74 Å². The number of fused-ring (bicyclic) bond motifs is 1. The van der Waals surface area contributed by atoms with Gasteiger partial charge in [-0.3, -0.25) is 15.0 Å². The molecular weight excluding hydrogens is 493 g/mol. The van der Waals surface area contributed by atoms with Gasteiger partial charge in [-0.15, -0.1) is 0 Å². The Morgan fingerprint density at radius 1 is 1.03 bits per heavy atom. The highest BCUT2D eigenvalue weighted by atomic mass is 19.1. The summed E-state index contributed by atoms with van der Waals surface area (Å²) in [6.45, 7) is 1.77. The summed E-state index contributed by atoms with van der Waals surface area (Å²) in [5, 5.41) is 5.24. The predicted molar refractivity (Wildman–Crippen MR) is 137 cm³/mol. The first kappa shape index (κ1) is 24.8. The van der Waals surface area contributed by atoms with Gasteiger partial charge in [0.25, 0.3) is 11.8 Å². The summed E-state index contributed by atoms with van der Waals surface area (Å²) < 4.78 is 19.2. The monoisotopic (exact) mass is 517 g/mol. The first-order valence-corrected chi connectivity index (χ1v) is 11.9. The van der Waals surface area contributed by atoms with E-state index in [9.17, 15) is 18.8 Å². The normalized spacial score (nSPS) is 16.9. The van der Waals surface area contributed by atoms with Crippen LogP contribution in [0.15, 0.2) is 71.9 Å². The Bertz CT molecular complexity index is 1390. The zero-order valence-corrected chi connectivity index (χ0v) is 20.1. The molecule has 2 aliphatic rings. The maximum absolute atomic E-state index is 13.9. The molecule has 1 saturated heterocycles. The number of morpholine rings is 1. The van der Waals surface area contributed by atoms with Crippen LogP contribution in [0.2, 0.25) is 0 Å². The van der Waals surface area contributed by atoms with Crippen molar-refractivity contribution in [1.29, 1.82) is 0 Å². The molecule has 12 heteroatoms. The maximum atomic E-state index is 13.9. The van der Waals surface area contributed by atoms with Crippen LogP contribution in [0.25, 0.3) is 0 Å². The molecule has 0 aliphatic carbocycles. The highest BCUT2D eigenvalue weighted by Gasteiger charge is 2.27. The lowest BCUT2D eigenvalue weighted by Crippen LogP contribution is -2.52. The van der Waals surface area contributed by atoms with Crippen LogP contribution in [0.5, 0.6) is 0 Å². The summed E-state index contributed by atoms with van der Waals surface area (Å²) in [4.78, 5) is 48.6. The Morgan fingerprint density at radius 3 is 2.55 bits per heavy atom. The predicted octanol–water partition coefficient (Wildman–Crippen LogP) is 1.82. The number of anilines is 2. The van der Waals surface area contributed by atoms with Crippen molar-refractivity contribution in [2.24, 2.45) is 4.99 Å². The lowest BCUT2D eigenvalue weighted by atomic mass is 10.0. The molecule has 1 fully saturated rings. The standard InChI is InChI=1S/C26H24FN7O4/c27-17-14-20(34-10-12-38-13-11-34)22(28-15-17)24(35)32-33-26(37)31-23-25(36)29-19-9-5-4-8-18(19)21(30-23)16-6-2-1-3-7-16/h1-9,14-15,23H,10-13H2,(H,29,36)(H,32,35)(H2,31,33,37). The van der Waals surface area contributed by atoms with Crippen molar-refractivity contribution >= 4 is 34.9 Å². The maximum Gasteiger partial charge on any atom is 0.335 e. The van der Waals surface area contributed by atoms with Crippen LogP contribution in [0.4, 0.5) is 20.6 Å². The van der Waals surface area contributed by atoms with E-state index in [1.54, 1.807) is 17.0 Å². The van der Waals surface area contributed by atoms with Crippen molar-refractivity contribution in [2.75, 3.05) is 36.5 Å². The molecule has 38 heavy (non-hydrogen) atoms. The summed E-state index contributed by atoms with van der Waals surface area (Å²) in [7, 11) is 0. The summed E-state index contributed by atoms with van der Waals surface area (Å²) in [6.07, 6.45) is -0.367. The number of urea groups is 1. The molecule has 2 aliphatic heterocycles. The van der Waals surface area contributed by atoms with E-state index in [1.165, 1.54) is 6.07 Å². The molecule has 0 radical (unpaired) electrons. The van der Waals surface area contributed by atoms with Gasteiger partial charge in [-0.2, -0.15) is 0 Å². The second-order valence-corrected chi connectivity index (χ2v) is 8.45. The highest BCUT2D eigenvalue weighted by Crippen LogP contribution is 2.24. The number of hydrogen-bond donors (Lipinski definition) is 4. The molecule has 4 N–H and O–H groups in total. The van der Waals surface area contributed by atoms with Crippen LogP contribution >= 0.6 is 0 Å². The molecular formula is C26H24FN7O4. The molecule has 194 valence electrons. The number of amides is 4. The number of aromatic nitrogens is 1. The molecule has 1 atom stereocenters. The van der Waals surface area contributed by atoms with E-state index in [1.807, 2.05) is 42.5 Å². The number of rotatable bonds is 4. The Labute approximate surface area is 217 Å². The number of pyridine rings is 1. The Hall–Kier alpha value is -4.84. The third-order valence-corrected chi connectivity index (χ3v) is 5.95. The number of benzene rings is 2. The minimum atomic E-state index is -1.29. The third-order valence-electron chi connectivity index (χ3n) is 5.95. The van der Waals surface area contributed by atoms with Crippen LogP contribution in [0, 0.1) is 5.82 Å². The average molecular weight is 518 g/mol. The number of nitrogens with zero attached hydrogens (tertiary/aromatic N) is 3. The number of carbonyl (C=O) groups is 3. The van der Waals surface area contributed by atoms with Crippen molar-refractivity contribution in [3.8, 4) is 0 Å². The summed E-state index contributed by atoms with van der Waals surface area (Å²) in [6, 6.07) is 16.8. The van der Waals surface area contributed by atoms with Gasteiger partial charge in [0.05, 0.1) is 36.5 Å². The summed E-state index contributed by atoms with van der Waals surface area (Å²) in [5.41, 5.74) is 7.20. The van der Waals surface area contributed by atoms with Gasteiger partial charge in [-0.05, 0) is 6.07 Å². The first-order valence-electron chi connectivity index (χ1n) is 11.9. The van der Waals surface area contributed by atoms with Gasteiger partial charge in [-0.25, -0.2) is 24.6 Å². The number of para-hydroxylation sites is 1. The fourth-order valence-electron chi connectivity index (χ4n) is 4.16. The van der Waals surface area contributed by atoms with E-state index in [2.05, 4.69) is 31.5 Å². The topological polar surface area (TPSA) is 137 Å². The van der Waals surface area contributed by atoms with Gasteiger partial charge in [-0.1, -0.05) is 48.5 Å². The number of hydrogen-bond acceptors (Lipinski definition) is 7. The molecule has 4 amide bonds. The van der Waals surface area contributed by atoms with E-state index < -0.39 is 29.8 Å². The van der Waals surface area contributed by atoms with E-state index >= 15 is 0 Å². The number of nitrogens with one attached hydrogen (secondary N) is 4. The second kappa shape index (κ2) is 11.0. The van der Waals surface area contributed by atoms with Gasteiger partial charge < -0.3 is 20.3 Å². The van der Waals surface area contributed by atoms with Gasteiger partial charge >= 0.3 is 6.03 Å². The zero-order valence-electron chi connectivity index (χ0n) is 20.1. The molecule has 5 rings (SSSR count). The minimum Gasteiger partial charge on any atom is -0.378 e. The number of aliphatic imine (C=N–C) groups is 1. The lowest BCUT2D eigenvalue weighted by Gasteiger charge is -2.29.